The van der Waals surface area contributed by atoms with Crippen molar-refractivity contribution in [3.8, 4) is 11.8 Å². The van der Waals surface area contributed by atoms with Gasteiger partial charge >= 0.3 is 5.97 Å². The zero-order chi connectivity index (χ0) is 23.0. The van der Waals surface area contributed by atoms with Crippen molar-refractivity contribution >= 4 is 17.6 Å². The highest BCUT2D eigenvalue weighted by molar-refractivity contribution is 6.02. The predicted octanol–water partition coefficient (Wildman–Crippen LogP) is 3.77. The van der Waals surface area contributed by atoms with E-state index in [9.17, 15) is 9.59 Å². The minimum atomic E-state index is -0.413. The van der Waals surface area contributed by atoms with Gasteiger partial charge in [0.05, 0.1) is 25.4 Å². The molecule has 7 heteroatoms. The quantitative estimate of drug-likeness (QED) is 0.380. The fraction of sp³-hybridized carbons (Fsp3) is 0.0769. The van der Waals surface area contributed by atoms with E-state index in [2.05, 4.69) is 27.5 Å². The van der Waals surface area contributed by atoms with Gasteiger partial charge in [-0.2, -0.15) is 0 Å². The summed E-state index contributed by atoms with van der Waals surface area (Å²) in [6, 6.07) is 23.9. The van der Waals surface area contributed by atoms with Crippen LogP contribution in [0, 0.1) is 11.8 Å². The summed E-state index contributed by atoms with van der Waals surface area (Å²) < 4.78 is 6.36. The molecule has 0 fully saturated rings. The van der Waals surface area contributed by atoms with Gasteiger partial charge in [0.1, 0.15) is 0 Å². The van der Waals surface area contributed by atoms with Crippen LogP contribution in [0.1, 0.15) is 37.5 Å². The number of nitrogens with zero attached hydrogens (tertiary/aromatic N) is 3. The first-order valence-electron chi connectivity index (χ1n) is 10.2. The number of anilines is 1. The van der Waals surface area contributed by atoms with Crippen LogP contribution in [0.2, 0.25) is 0 Å². The van der Waals surface area contributed by atoms with Crippen molar-refractivity contribution in [3.05, 3.63) is 113 Å². The molecular formula is C26H20N4O3. The maximum atomic E-state index is 12.6. The molecular weight excluding hydrogens is 416 g/mol. The Kier molecular flexibility index (Phi) is 6.57. The number of hydrogen-bond acceptors (Lipinski definition) is 5. The van der Waals surface area contributed by atoms with Crippen molar-refractivity contribution in [3.63, 3.8) is 0 Å². The lowest BCUT2D eigenvalue weighted by Gasteiger charge is -2.03. The standard InChI is InChI=1S/C26H20N4O3/c1-33-26(32)22-11-5-9-19(15-22)13-14-20-10-6-12-23(16-20)27-25(31)24-18-30(29-28-24)17-21-7-3-2-4-8-21/h2-12,15-16,18H,17H2,1H3,(H,27,31). The smallest absolute Gasteiger partial charge is 0.337 e. The lowest BCUT2D eigenvalue weighted by Crippen LogP contribution is -2.12. The highest BCUT2D eigenvalue weighted by atomic mass is 16.5. The van der Waals surface area contributed by atoms with Gasteiger partial charge < -0.3 is 10.1 Å². The zero-order valence-corrected chi connectivity index (χ0v) is 17.9. The molecule has 0 aliphatic heterocycles. The SMILES string of the molecule is COC(=O)c1cccc(C#Cc2cccc(NC(=O)c3cn(Cc4ccccc4)nn3)c2)c1. The summed E-state index contributed by atoms with van der Waals surface area (Å²) in [5.41, 5.74) is 3.71. The number of rotatable bonds is 5. The number of nitrogens with one attached hydrogen (secondary N) is 1. The summed E-state index contributed by atoms with van der Waals surface area (Å²) >= 11 is 0. The predicted molar refractivity (Wildman–Crippen MR) is 124 cm³/mol. The lowest BCUT2D eigenvalue weighted by molar-refractivity contribution is 0.0600. The number of ether oxygens (including phenoxy) is 1. The molecule has 1 heterocycles. The van der Waals surface area contributed by atoms with Gasteiger partial charge in [-0.3, -0.25) is 4.79 Å². The van der Waals surface area contributed by atoms with Gasteiger partial charge in [0.15, 0.2) is 5.69 Å². The van der Waals surface area contributed by atoms with Gasteiger partial charge in [-0.25, -0.2) is 9.48 Å². The van der Waals surface area contributed by atoms with Crippen LogP contribution >= 0.6 is 0 Å². The molecule has 1 amide bonds. The highest BCUT2D eigenvalue weighted by Gasteiger charge is 2.11. The number of carbonyl (C=O) groups is 2. The summed E-state index contributed by atoms with van der Waals surface area (Å²) in [4.78, 5) is 24.3. The molecule has 4 aromatic rings. The molecule has 0 saturated heterocycles. The van der Waals surface area contributed by atoms with Crippen LogP contribution in [-0.4, -0.2) is 34.0 Å². The molecule has 0 spiro atoms. The second-order valence-electron chi connectivity index (χ2n) is 7.14. The third-order valence-corrected chi connectivity index (χ3v) is 4.71. The molecule has 33 heavy (non-hydrogen) atoms. The van der Waals surface area contributed by atoms with Gasteiger partial charge in [-0.15, -0.1) is 5.10 Å². The van der Waals surface area contributed by atoms with Crippen molar-refractivity contribution in [2.75, 3.05) is 12.4 Å². The van der Waals surface area contributed by atoms with Crippen LogP contribution in [0.25, 0.3) is 0 Å². The van der Waals surface area contributed by atoms with E-state index in [4.69, 9.17) is 4.74 Å². The van der Waals surface area contributed by atoms with Crippen molar-refractivity contribution in [1.82, 2.24) is 15.0 Å². The van der Waals surface area contributed by atoms with E-state index in [0.717, 1.165) is 5.56 Å². The van der Waals surface area contributed by atoms with Gasteiger partial charge in [-0.05, 0) is 42.0 Å². The molecule has 162 valence electrons. The van der Waals surface area contributed by atoms with Crippen LogP contribution in [0.4, 0.5) is 5.69 Å². The molecule has 0 bridgehead atoms. The second-order valence-corrected chi connectivity index (χ2v) is 7.14. The third-order valence-electron chi connectivity index (χ3n) is 4.71. The summed E-state index contributed by atoms with van der Waals surface area (Å²) in [5, 5.41) is 10.8. The van der Waals surface area contributed by atoms with E-state index in [0.29, 0.717) is 28.9 Å². The Balaban J connectivity index is 1.43. The lowest BCUT2D eigenvalue weighted by atomic mass is 10.1. The first-order valence-corrected chi connectivity index (χ1v) is 10.2. The van der Waals surface area contributed by atoms with Gasteiger partial charge in [0.2, 0.25) is 0 Å². The Morgan fingerprint density at radius 1 is 0.939 bits per heavy atom. The van der Waals surface area contributed by atoms with Crippen molar-refractivity contribution in [1.29, 1.82) is 0 Å². The summed E-state index contributed by atoms with van der Waals surface area (Å²) in [6.07, 6.45) is 1.61. The minimum absolute atomic E-state index is 0.224. The number of amides is 1. The fourth-order valence-electron chi connectivity index (χ4n) is 3.11. The largest absolute Gasteiger partial charge is 0.465 e. The Hall–Kier alpha value is -4.70. The molecule has 0 aliphatic carbocycles. The first-order chi connectivity index (χ1) is 16.1. The van der Waals surface area contributed by atoms with Gasteiger partial charge in [-0.1, -0.05) is 59.5 Å². The molecule has 3 aromatic carbocycles. The van der Waals surface area contributed by atoms with E-state index in [1.807, 2.05) is 42.5 Å². The molecule has 0 saturated carbocycles. The number of methoxy groups -OCH3 is 1. The second kappa shape index (κ2) is 10.1. The fourth-order valence-corrected chi connectivity index (χ4v) is 3.11. The average molecular weight is 436 g/mol. The van der Waals surface area contributed by atoms with E-state index < -0.39 is 5.97 Å². The monoisotopic (exact) mass is 436 g/mol. The molecule has 4 rings (SSSR count). The molecule has 1 N–H and O–H groups in total. The number of hydrogen-bond donors (Lipinski definition) is 1. The molecule has 1 aromatic heterocycles. The highest BCUT2D eigenvalue weighted by Crippen LogP contribution is 2.12. The van der Waals surface area contributed by atoms with Gasteiger partial charge in [0, 0.05) is 16.8 Å². The van der Waals surface area contributed by atoms with Crippen molar-refractivity contribution in [2.24, 2.45) is 0 Å². The Morgan fingerprint density at radius 2 is 1.67 bits per heavy atom. The first kappa shape index (κ1) is 21.5. The van der Waals surface area contributed by atoms with Crippen LogP contribution < -0.4 is 5.32 Å². The molecule has 0 atom stereocenters. The Morgan fingerprint density at radius 3 is 2.42 bits per heavy atom. The maximum absolute atomic E-state index is 12.6. The summed E-state index contributed by atoms with van der Waals surface area (Å²) in [6.45, 7) is 0.531. The van der Waals surface area contributed by atoms with E-state index >= 15 is 0 Å². The number of carbonyl (C=O) groups excluding carboxylic acids is 2. The number of esters is 1. The van der Waals surface area contributed by atoms with E-state index in [1.165, 1.54) is 7.11 Å². The molecule has 0 radical (unpaired) electrons. The van der Waals surface area contributed by atoms with Crippen LogP contribution in [0.3, 0.4) is 0 Å². The number of aromatic nitrogens is 3. The Labute approximate surface area is 191 Å². The average Bonchev–Trinajstić information content (AvgIpc) is 3.32. The maximum Gasteiger partial charge on any atom is 0.337 e. The number of benzene rings is 3. The molecule has 0 aliphatic rings. The molecule has 7 nitrogen and oxygen atoms in total. The normalized spacial score (nSPS) is 10.1. The van der Waals surface area contributed by atoms with Gasteiger partial charge in [0.25, 0.3) is 5.91 Å². The minimum Gasteiger partial charge on any atom is -0.465 e. The van der Waals surface area contributed by atoms with E-state index in [1.54, 1.807) is 47.3 Å². The van der Waals surface area contributed by atoms with Crippen molar-refractivity contribution in [2.45, 2.75) is 6.54 Å². The summed E-state index contributed by atoms with van der Waals surface area (Å²) in [5.74, 6) is 5.30. The van der Waals surface area contributed by atoms with Crippen LogP contribution in [-0.2, 0) is 11.3 Å². The third kappa shape index (κ3) is 5.71. The molecule has 0 unspecified atom stereocenters. The zero-order valence-electron chi connectivity index (χ0n) is 17.9. The topological polar surface area (TPSA) is 86.1 Å². The summed E-state index contributed by atoms with van der Waals surface area (Å²) in [7, 11) is 1.34. The van der Waals surface area contributed by atoms with E-state index in [-0.39, 0.29) is 11.6 Å². The van der Waals surface area contributed by atoms with Crippen LogP contribution in [0.5, 0.6) is 0 Å². The Bertz CT molecular complexity index is 1350. The van der Waals surface area contributed by atoms with Crippen LogP contribution in [0.15, 0.2) is 85.1 Å². The van der Waals surface area contributed by atoms with Crippen molar-refractivity contribution < 1.29 is 14.3 Å².